The fraction of sp³-hybridized carbons (Fsp3) is 0.625. The van der Waals surface area contributed by atoms with Crippen molar-refractivity contribution in [3.63, 3.8) is 0 Å². The molecule has 4 heteroatoms. The summed E-state index contributed by atoms with van der Waals surface area (Å²) in [5, 5.41) is 13.5. The van der Waals surface area contributed by atoms with E-state index < -0.39 is 5.60 Å². The molecule has 1 atom stereocenters. The maximum Gasteiger partial charge on any atom is 0.123 e. The molecule has 0 spiro atoms. The van der Waals surface area contributed by atoms with Crippen molar-refractivity contribution >= 4 is 0 Å². The summed E-state index contributed by atoms with van der Waals surface area (Å²) in [6.07, 6.45) is 2.72. The van der Waals surface area contributed by atoms with Crippen LogP contribution < -0.4 is 5.32 Å². The van der Waals surface area contributed by atoms with Gasteiger partial charge in [0.25, 0.3) is 0 Å². The van der Waals surface area contributed by atoms with Crippen LogP contribution in [0.25, 0.3) is 0 Å². The Balaban J connectivity index is 1.70. The maximum absolute atomic E-state index is 12.9. The Morgan fingerprint density at radius 2 is 2.00 bits per heavy atom. The van der Waals surface area contributed by atoms with E-state index in [2.05, 4.69) is 5.32 Å². The second kappa shape index (κ2) is 6.66. The van der Waals surface area contributed by atoms with E-state index >= 15 is 0 Å². The molecule has 1 aliphatic rings. The van der Waals surface area contributed by atoms with E-state index in [1.807, 2.05) is 19.1 Å². The molecule has 0 heterocycles. The standard InChI is InChI=1S/C16H24FNO2/c1-16(19,7-8-20-2)11-18-15-9-13(10-15)12-3-5-14(17)6-4-12/h3-6,13,15,18-19H,7-11H2,1-2H3. The minimum Gasteiger partial charge on any atom is -0.389 e. The van der Waals surface area contributed by atoms with Crippen LogP contribution in [0.15, 0.2) is 24.3 Å². The number of nitrogens with one attached hydrogen (secondary N) is 1. The zero-order valence-corrected chi connectivity index (χ0v) is 12.2. The Hall–Kier alpha value is -0.970. The van der Waals surface area contributed by atoms with Gasteiger partial charge in [-0.1, -0.05) is 12.1 Å². The number of hydrogen-bond donors (Lipinski definition) is 2. The van der Waals surface area contributed by atoms with Crippen molar-refractivity contribution in [1.29, 1.82) is 0 Å². The number of halogens is 1. The number of benzene rings is 1. The van der Waals surface area contributed by atoms with Crippen LogP contribution in [0.2, 0.25) is 0 Å². The molecule has 1 aliphatic carbocycles. The molecule has 112 valence electrons. The van der Waals surface area contributed by atoms with Gasteiger partial charge >= 0.3 is 0 Å². The number of rotatable bonds is 7. The third-order valence-corrected chi connectivity index (χ3v) is 4.10. The molecule has 3 nitrogen and oxygen atoms in total. The highest BCUT2D eigenvalue weighted by atomic mass is 19.1. The van der Waals surface area contributed by atoms with Crippen molar-refractivity contribution in [2.45, 2.75) is 43.7 Å². The van der Waals surface area contributed by atoms with Crippen molar-refractivity contribution < 1.29 is 14.2 Å². The lowest BCUT2D eigenvalue weighted by Crippen LogP contribution is -2.47. The summed E-state index contributed by atoms with van der Waals surface area (Å²) in [7, 11) is 1.64. The van der Waals surface area contributed by atoms with Crippen LogP contribution >= 0.6 is 0 Å². The number of ether oxygens (including phenoxy) is 1. The van der Waals surface area contributed by atoms with Gasteiger partial charge in [0.1, 0.15) is 5.82 Å². The van der Waals surface area contributed by atoms with Crippen molar-refractivity contribution in [2.75, 3.05) is 20.3 Å². The highest BCUT2D eigenvalue weighted by Gasteiger charge is 2.31. The highest BCUT2D eigenvalue weighted by molar-refractivity contribution is 5.23. The molecule has 20 heavy (non-hydrogen) atoms. The third kappa shape index (κ3) is 4.27. The lowest BCUT2D eigenvalue weighted by molar-refractivity contribution is 0.0197. The molecule has 1 unspecified atom stereocenters. The summed E-state index contributed by atoms with van der Waals surface area (Å²) in [5.41, 5.74) is 0.479. The maximum atomic E-state index is 12.9. The largest absolute Gasteiger partial charge is 0.389 e. The van der Waals surface area contributed by atoms with Crippen molar-refractivity contribution in [3.05, 3.63) is 35.6 Å². The summed E-state index contributed by atoms with van der Waals surface area (Å²) in [5.74, 6) is 0.328. The van der Waals surface area contributed by atoms with Crippen LogP contribution in [-0.4, -0.2) is 37.0 Å². The van der Waals surface area contributed by atoms with Gasteiger partial charge < -0.3 is 15.2 Å². The predicted octanol–water partition coefficient (Wildman–Crippen LogP) is 2.45. The van der Waals surface area contributed by atoms with Gasteiger partial charge in [-0.2, -0.15) is 0 Å². The summed E-state index contributed by atoms with van der Waals surface area (Å²) in [6, 6.07) is 7.21. The van der Waals surface area contributed by atoms with Gasteiger partial charge in [-0.15, -0.1) is 0 Å². The van der Waals surface area contributed by atoms with Gasteiger partial charge in [0.05, 0.1) is 5.60 Å². The first kappa shape index (κ1) is 15.4. The van der Waals surface area contributed by atoms with Crippen LogP contribution in [0.3, 0.4) is 0 Å². The monoisotopic (exact) mass is 281 g/mol. The third-order valence-electron chi connectivity index (χ3n) is 4.10. The minimum absolute atomic E-state index is 0.183. The average Bonchev–Trinajstić information content (AvgIpc) is 2.36. The van der Waals surface area contributed by atoms with Crippen LogP contribution in [0.1, 0.15) is 37.7 Å². The summed E-state index contributed by atoms with van der Waals surface area (Å²) < 4.78 is 17.8. The molecule has 0 saturated heterocycles. The molecule has 0 bridgehead atoms. The zero-order chi connectivity index (χ0) is 14.6. The van der Waals surface area contributed by atoms with E-state index in [0.29, 0.717) is 31.5 Å². The first-order valence-corrected chi connectivity index (χ1v) is 7.20. The van der Waals surface area contributed by atoms with Gasteiger partial charge in [0.2, 0.25) is 0 Å². The molecule has 2 rings (SSSR count). The van der Waals surface area contributed by atoms with Crippen molar-refractivity contribution in [3.8, 4) is 0 Å². The van der Waals surface area contributed by atoms with Crippen LogP contribution in [0, 0.1) is 5.82 Å². The molecule has 1 aromatic carbocycles. The van der Waals surface area contributed by atoms with Crippen molar-refractivity contribution in [2.24, 2.45) is 0 Å². The first-order valence-electron chi connectivity index (χ1n) is 7.20. The van der Waals surface area contributed by atoms with Crippen LogP contribution in [0.5, 0.6) is 0 Å². The van der Waals surface area contributed by atoms with Gasteiger partial charge in [-0.25, -0.2) is 4.39 Å². The molecule has 0 aliphatic heterocycles. The smallest absolute Gasteiger partial charge is 0.123 e. The minimum atomic E-state index is -0.725. The van der Waals surface area contributed by atoms with E-state index in [1.54, 1.807) is 7.11 Å². The lowest BCUT2D eigenvalue weighted by atomic mass is 9.75. The van der Waals surface area contributed by atoms with Crippen LogP contribution in [-0.2, 0) is 4.74 Å². The Labute approximate surface area is 120 Å². The number of aliphatic hydroxyl groups is 1. The van der Waals surface area contributed by atoms with E-state index in [4.69, 9.17) is 4.74 Å². The fourth-order valence-electron chi connectivity index (χ4n) is 2.57. The van der Waals surface area contributed by atoms with E-state index in [1.165, 1.54) is 17.7 Å². The SMILES string of the molecule is COCCC(C)(O)CNC1CC(c2ccc(F)cc2)C1. The summed E-state index contributed by atoms with van der Waals surface area (Å²) >= 11 is 0. The predicted molar refractivity (Wildman–Crippen MR) is 77.3 cm³/mol. The van der Waals surface area contributed by atoms with Gasteiger partial charge in [-0.3, -0.25) is 0 Å². The fourth-order valence-corrected chi connectivity index (χ4v) is 2.57. The first-order chi connectivity index (χ1) is 9.50. The molecule has 1 saturated carbocycles. The molecule has 1 fully saturated rings. The molecule has 2 N–H and O–H groups in total. The highest BCUT2D eigenvalue weighted by Crippen LogP contribution is 2.36. The normalized spacial score (nSPS) is 25.0. The molecular formula is C16H24FNO2. The molecule has 1 aromatic rings. The van der Waals surface area contributed by atoms with Gasteiger partial charge in [-0.05, 0) is 43.4 Å². The van der Waals surface area contributed by atoms with Gasteiger partial charge in [0.15, 0.2) is 0 Å². The Morgan fingerprint density at radius 3 is 2.60 bits per heavy atom. The van der Waals surface area contributed by atoms with Crippen molar-refractivity contribution in [1.82, 2.24) is 5.32 Å². The molecule has 0 radical (unpaired) electrons. The molecule has 0 aromatic heterocycles. The topological polar surface area (TPSA) is 41.5 Å². The Kier molecular flexibility index (Phi) is 5.13. The Morgan fingerprint density at radius 1 is 1.35 bits per heavy atom. The molecule has 0 amide bonds. The van der Waals surface area contributed by atoms with E-state index in [0.717, 1.165) is 12.8 Å². The average molecular weight is 281 g/mol. The van der Waals surface area contributed by atoms with E-state index in [9.17, 15) is 9.50 Å². The van der Waals surface area contributed by atoms with E-state index in [-0.39, 0.29) is 5.82 Å². The second-order valence-corrected chi connectivity index (χ2v) is 6.04. The quantitative estimate of drug-likeness (QED) is 0.806. The number of hydrogen-bond acceptors (Lipinski definition) is 3. The summed E-state index contributed by atoms with van der Waals surface area (Å²) in [6.45, 7) is 2.98. The summed E-state index contributed by atoms with van der Waals surface area (Å²) in [4.78, 5) is 0. The Bertz CT molecular complexity index is 413. The van der Waals surface area contributed by atoms with Crippen LogP contribution in [0.4, 0.5) is 4.39 Å². The second-order valence-electron chi connectivity index (χ2n) is 6.04. The molecular weight excluding hydrogens is 257 g/mol. The van der Waals surface area contributed by atoms with Gasteiger partial charge in [0, 0.05) is 32.7 Å². The zero-order valence-electron chi connectivity index (χ0n) is 12.2. The lowest BCUT2D eigenvalue weighted by Gasteiger charge is -2.38. The number of methoxy groups -OCH3 is 1.